The van der Waals surface area contributed by atoms with Crippen LogP contribution in [0.2, 0.25) is 5.02 Å². The third-order valence-electron chi connectivity index (χ3n) is 6.39. The molecule has 1 atom stereocenters. The number of aromatic nitrogens is 5. The summed E-state index contributed by atoms with van der Waals surface area (Å²) >= 11 is 7.30. The highest BCUT2D eigenvalue weighted by Crippen LogP contribution is 2.39. The number of tetrazole rings is 1. The molecule has 0 radical (unpaired) electrons. The van der Waals surface area contributed by atoms with Crippen LogP contribution in [0.25, 0.3) is 22.4 Å². The first-order valence-corrected chi connectivity index (χ1v) is 12.2. The lowest BCUT2D eigenvalue weighted by Gasteiger charge is -2.16. The van der Waals surface area contributed by atoms with E-state index in [1.807, 2.05) is 6.07 Å². The van der Waals surface area contributed by atoms with E-state index in [1.165, 1.54) is 23.1 Å². The van der Waals surface area contributed by atoms with Crippen molar-refractivity contribution in [1.29, 1.82) is 0 Å². The number of thiophene rings is 1. The first-order valence-electron chi connectivity index (χ1n) is 11.0. The van der Waals surface area contributed by atoms with Gasteiger partial charge in [0.25, 0.3) is 5.56 Å². The molecule has 0 saturated heterocycles. The number of carboxylic acids is 1. The summed E-state index contributed by atoms with van der Waals surface area (Å²) in [7, 11) is 0. The maximum absolute atomic E-state index is 14.8. The third kappa shape index (κ3) is 4.39. The zero-order valence-electron chi connectivity index (χ0n) is 18.8. The van der Waals surface area contributed by atoms with Gasteiger partial charge in [0.1, 0.15) is 11.2 Å². The van der Waals surface area contributed by atoms with Gasteiger partial charge < -0.3 is 9.67 Å². The van der Waals surface area contributed by atoms with Crippen LogP contribution in [0.5, 0.6) is 0 Å². The monoisotopic (exact) mass is 558 g/mol. The molecule has 2 aliphatic rings. The van der Waals surface area contributed by atoms with E-state index < -0.39 is 11.9 Å². The van der Waals surface area contributed by atoms with E-state index in [0.29, 0.717) is 51.5 Å². The predicted octanol–water partition coefficient (Wildman–Crippen LogP) is 5.00. The molecule has 0 unspecified atom stereocenters. The molecule has 0 aliphatic carbocycles. The standard InChI is InChI=1S/C24H16ClFN6O3S.ClH/c25-14-1-3-19(31-11-27-29-30-31)16(8-14)12-5-15-2-4-20(32(15)22(33)7-12)18-9-17(23(26)28-18)13-6-21(24(34)35)36-10-13;/h1,3,5-8,10-11,20H,2,4,9H2,(H,34,35);1H/t20-;/m0./s1. The summed E-state index contributed by atoms with van der Waals surface area (Å²) in [5, 5.41) is 22.6. The van der Waals surface area contributed by atoms with Gasteiger partial charge >= 0.3 is 5.97 Å². The van der Waals surface area contributed by atoms with Gasteiger partial charge in [0.2, 0.25) is 5.95 Å². The summed E-state index contributed by atoms with van der Waals surface area (Å²) in [6.45, 7) is 0. The lowest BCUT2D eigenvalue weighted by atomic mass is 10.00. The molecule has 4 aromatic rings. The number of halogens is 3. The van der Waals surface area contributed by atoms with Crippen LogP contribution in [0.3, 0.4) is 0 Å². The minimum absolute atomic E-state index is 0. The van der Waals surface area contributed by atoms with Crippen molar-refractivity contribution in [2.24, 2.45) is 4.99 Å². The number of aryl methyl sites for hydroxylation is 1. The molecule has 0 bridgehead atoms. The Bertz CT molecular complexity index is 1660. The van der Waals surface area contributed by atoms with Crippen molar-refractivity contribution in [2.75, 3.05) is 0 Å². The number of nitrogens with zero attached hydrogens (tertiary/aromatic N) is 6. The van der Waals surface area contributed by atoms with Crippen molar-refractivity contribution in [3.05, 3.63) is 85.6 Å². The quantitative estimate of drug-likeness (QED) is 0.345. The Morgan fingerprint density at radius 1 is 1.19 bits per heavy atom. The van der Waals surface area contributed by atoms with E-state index in [4.69, 9.17) is 11.6 Å². The Balaban J connectivity index is 0.00000280. The number of aromatic carboxylic acids is 1. The van der Waals surface area contributed by atoms with Crippen LogP contribution in [0, 0.1) is 0 Å². The Labute approximate surface area is 224 Å². The summed E-state index contributed by atoms with van der Waals surface area (Å²) in [6, 6.07) is 9.80. The number of pyridine rings is 1. The van der Waals surface area contributed by atoms with Gasteiger partial charge in [-0.15, -0.1) is 28.8 Å². The molecule has 0 spiro atoms. The van der Waals surface area contributed by atoms with Crippen molar-refractivity contribution in [3.63, 3.8) is 0 Å². The van der Waals surface area contributed by atoms with Crippen molar-refractivity contribution in [2.45, 2.75) is 25.3 Å². The maximum Gasteiger partial charge on any atom is 0.345 e. The Morgan fingerprint density at radius 3 is 2.76 bits per heavy atom. The van der Waals surface area contributed by atoms with Crippen LogP contribution in [0.15, 0.2) is 63.8 Å². The summed E-state index contributed by atoms with van der Waals surface area (Å²) in [5.74, 6) is -1.69. The van der Waals surface area contributed by atoms with Gasteiger partial charge in [-0.05, 0) is 70.1 Å². The number of rotatable bonds is 5. The second-order valence-electron chi connectivity index (χ2n) is 8.47. The lowest BCUT2D eigenvalue weighted by Crippen LogP contribution is -2.27. The van der Waals surface area contributed by atoms with Crippen LogP contribution in [0.1, 0.15) is 39.8 Å². The normalized spacial score (nSPS) is 16.5. The van der Waals surface area contributed by atoms with Crippen LogP contribution in [-0.2, 0) is 6.42 Å². The van der Waals surface area contributed by atoms with Gasteiger partial charge in [-0.3, -0.25) is 4.79 Å². The van der Waals surface area contributed by atoms with E-state index in [1.54, 1.807) is 28.1 Å². The molecular formula is C24H17Cl2FN6O3S. The smallest absolute Gasteiger partial charge is 0.345 e. The molecule has 37 heavy (non-hydrogen) atoms. The van der Waals surface area contributed by atoms with Gasteiger partial charge in [-0.2, -0.15) is 9.07 Å². The second kappa shape index (κ2) is 9.66. The molecule has 3 aromatic heterocycles. The van der Waals surface area contributed by atoms with Crippen molar-refractivity contribution in [3.8, 4) is 16.8 Å². The topological polar surface area (TPSA) is 115 Å². The number of carbonyl (C=O) groups is 1. The second-order valence-corrected chi connectivity index (χ2v) is 9.82. The first-order chi connectivity index (χ1) is 17.4. The molecule has 1 aromatic carbocycles. The molecule has 188 valence electrons. The average molecular weight is 559 g/mol. The SMILES string of the molecule is Cl.O=C(O)c1cc(C2=C(F)N=C([C@@H]3CCc4cc(-c5cc(Cl)ccc5-n5cnnn5)cc(=O)n43)C2)cs1. The summed E-state index contributed by atoms with van der Waals surface area (Å²) < 4.78 is 18.0. The Kier molecular flexibility index (Phi) is 6.52. The van der Waals surface area contributed by atoms with Gasteiger partial charge in [0.05, 0.1) is 11.7 Å². The Morgan fingerprint density at radius 2 is 2.03 bits per heavy atom. The molecule has 0 saturated carbocycles. The number of aliphatic imine (C=N–C) groups is 1. The molecule has 0 fully saturated rings. The van der Waals surface area contributed by atoms with Gasteiger partial charge in [0.15, 0.2) is 0 Å². The third-order valence-corrected chi connectivity index (χ3v) is 7.54. The highest BCUT2D eigenvalue weighted by molar-refractivity contribution is 7.12. The fourth-order valence-electron chi connectivity index (χ4n) is 4.78. The zero-order chi connectivity index (χ0) is 25.0. The average Bonchev–Trinajstić information content (AvgIpc) is 3.64. The highest BCUT2D eigenvalue weighted by atomic mass is 35.5. The number of allylic oxidation sites excluding steroid dienone is 1. The molecule has 0 amide bonds. The minimum atomic E-state index is -1.05. The van der Waals surface area contributed by atoms with Gasteiger partial charge in [-0.25, -0.2) is 9.79 Å². The molecule has 5 heterocycles. The van der Waals surface area contributed by atoms with Crippen LogP contribution in [-0.4, -0.2) is 41.6 Å². The van der Waals surface area contributed by atoms with E-state index in [2.05, 4.69) is 20.5 Å². The van der Waals surface area contributed by atoms with Crippen molar-refractivity contribution in [1.82, 2.24) is 24.8 Å². The molecular weight excluding hydrogens is 542 g/mol. The van der Waals surface area contributed by atoms with Crippen LogP contribution in [0.4, 0.5) is 4.39 Å². The maximum atomic E-state index is 14.8. The molecule has 2 aliphatic heterocycles. The minimum Gasteiger partial charge on any atom is -0.477 e. The fraction of sp³-hybridized carbons (Fsp3) is 0.167. The molecule has 6 rings (SSSR count). The Hall–Kier alpha value is -3.67. The number of hydrogen-bond acceptors (Lipinski definition) is 7. The number of carboxylic acid groups (broad SMARTS) is 1. The van der Waals surface area contributed by atoms with Crippen LogP contribution < -0.4 is 5.56 Å². The summed E-state index contributed by atoms with van der Waals surface area (Å²) in [5.41, 5.74) is 4.05. The van der Waals surface area contributed by atoms with Gasteiger partial charge in [0, 0.05) is 40.1 Å². The number of hydrogen-bond donors (Lipinski definition) is 1. The van der Waals surface area contributed by atoms with Gasteiger partial charge in [-0.1, -0.05) is 11.6 Å². The van der Waals surface area contributed by atoms with E-state index in [-0.39, 0.29) is 35.3 Å². The number of fused-ring (bicyclic) bond motifs is 1. The zero-order valence-corrected chi connectivity index (χ0v) is 21.2. The number of benzene rings is 1. The first kappa shape index (κ1) is 25.0. The van der Waals surface area contributed by atoms with Crippen molar-refractivity contribution < 1.29 is 14.3 Å². The lowest BCUT2D eigenvalue weighted by molar-refractivity contribution is 0.0702. The highest BCUT2D eigenvalue weighted by Gasteiger charge is 2.33. The molecule has 1 N–H and O–H groups in total. The summed E-state index contributed by atoms with van der Waals surface area (Å²) in [4.78, 5) is 28.8. The summed E-state index contributed by atoms with van der Waals surface area (Å²) in [6.07, 6.45) is 2.91. The van der Waals surface area contributed by atoms with E-state index in [9.17, 15) is 19.1 Å². The largest absolute Gasteiger partial charge is 0.477 e. The van der Waals surface area contributed by atoms with E-state index in [0.717, 1.165) is 17.0 Å². The van der Waals surface area contributed by atoms with E-state index >= 15 is 0 Å². The predicted molar refractivity (Wildman–Crippen MR) is 140 cm³/mol. The van der Waals surface area contributed by atoms with Crippen molar-refractivity contribution >= 4 is 52.6 Å². The molecule has 13 heteroatoms. The molecule has 9 nitrogen and oxygen atoms in total. The van der Waals surface area contributed by atoms with Crippen LogP contribution >= 0.6 is 35.3 Å². The fourth-order valence-corrected chi connectivity index (χ4v) is 5.72.